The van der Waals surface area contributed by atoms with E-state index in [0.29, 0.717) is 0 Å². The van der Waals surface area contributed by atoms with Crippen LogP contribution in [0.25, 0.3) is 0 Å². The van der Waals surface area contributed by atoms with Crippen molar-refractivity contribution in [2.45, 2.75) is 58.8 Å². The van der Waals surface area contributed by atoms with Crippen LogP contribution in [0.1, 0.15) is 42.0 Å². The van der Waals surface area contributed by atoms with Gasteiger partial charge in [0.25, 0.3) is 0 Å². The zero-order valence-electron chi connectivity index (χ0n) is 19.6. The summed E-state index contributed by atoms with van der Waals surface area (Å²) in [4.78, 5) is 17.4. The van der Waals surface area contributed by atoms with Crippen LogP contribution in [0.2, 0.25) is 0 Å². The number of aryl methyl sites for hydroxylation is 2. The Balaban J connectivity index is 1.47. The fourth-order valence-corrected chi connectivity index (χ4v) is 4.48. The maximum atomic E-state index is 12.9. The van der Waals surface area contributed by atoms with E-state index in [1.54, 1.807) is 7.11 Å². The maximum Gasteiger partial charge on any atom is 0.237 e. The minimum absolute atomic E-state index is 0.117. The van der Waals surface area contributed by atoms with E-state index < -0.39 is 0 Å². The number of methoxy groups -OCH3 is 1. The number of likely N-dealkylation sites (N-methyl/N-ethyl adjacent to an activating group) is 1. The largest absolute Gasteiger partial charge is 0.496 e. The number of rotatable bonds is 8. The monoisotopic (exact) mass is 423 g/mol. The van der Waals surface area contributed by atoms with Crippen molar-refractivity contribution in [3.63, 3.8) is 0 Å². The third-order valence-corrected chi connectivity index (χ3v) is 6.38. The highest BCUT2D eigenvalue weighted by Crippen LogP contribution is 2.25. The second kappa shape index (κ2) is 10.8. The topological polar surface area (TPSA) is 44.8 Å². The highest BCUT2D eigenvalue weighted by molar-refractivity contribution is 5.81. The first-order valence-corrected chi connectivity index (χ1v) is 11.3. The first-order valence-electron chi connectivity index (χ1n) is 11.3. The van der Waals surface area contributed by atoms with Crippen LogP contribution in [-0.4, -0.2) is 55.0 Å². The molecule has 2 aromatic rings. The van der Waals surface area contributed by atoms with Crippen molar-refractivity contribution in [3.05, 3.63) is 64.7 Å². The van der Waals surface area contributed by atoms with Gasteiger partial charge in [0.15, 0.2) is 0 Å². The maximum absolute atomic E-state index is 12.9. The quantitative estimate of drug-likeness (QED) is 0.699. The summed E-state index contributed by atoms with van der Waals surface area (Å²) in [5.74, 6) is 1.06. The fourth-order valence-electron chi connectivity index (χ4n) is 4.48. The molecule has 0 spiro atoms. The van der Waals surface area contributed by atoms with Crippen molar-refractivity contribution in [2.75, 3.05) is 27.2 Å². The van der Waals surface area contributed by atoms with Crippen molar-refractivity contribution in [2.24, 2.45) is 0 Å². The van der Waals surface area contributed by atoms with Gasteiger partial charge in [0.05, 0.1) is 13.2 Å². The van der Waals surface area contributed by atoms with Crippen LogP contribution in [0.15, 0.2) is 42.5 Å². The van der Waals surface area contributed by atoms with Gasteiger partial charge in [-0.05, 0) is 62.9 Å². The highest BCUT2D eigenvalue weighted by atomic mass is 16.5. The van der Waals surface area contributed by atoms with E-state index in [1.807, 2.05) is 14.0 Å². The summed E-state index contributed by atoms with van der Waals surface area (Å²) >= 11 is 0. The molecular weight excluding hydrogens is 386 g/mol. The SMILES string of the molecule is COc1c(C)cc(CN(C)C(C)C(=O)NC2CCN(Cc3ccccc3)CC2)cc1C. The van der Waals surface area contributed by atoms with Crippen LogP contribution in [0, 0.1) is 13.8 Å². The van der Waals surface area contributed by atoms with Crippen molar-refractivity contribution in [1.82, 2.24) is 15.1 Å². The van der Waals surface area contributed by atoms with E-state index in [0.717, 1.165) is 55.9 Å². The zero-order chi connectivity index (χ0) is 22.4. The highest BCUT2D eigenvalue weighted by Gasteiger charge is 2.24. The molecule has 1 amide bonds. The Labute approximate surface area is 187 Å². The normalized spacial score (nSPS) is 16.3. The minimum atomic E-state index is -0.176. The molecule has 31 heavy (non-hydrogen) atoms. The Bertz CT molecular complexity index is 837. The van der Waals surface area contributed by atoms with Gasteiger partial charge in [-0.3, -0.25) is 14.6 Å². The number of hydrogen-bond donors (Lipinski definition) is 1. The predicted octanol–water partition coefficient (Wildman–Crippen LogP) is 3.91. The number of nitrogens with zero attached hydrogens (tertiary/aromatic N) is 2. The van der Waals surface area contributed by atoms with Crippen molar-refractivity contribution in [1.29, 1.82) is 0 Å². The molecule has 1 saturated heterocycles. The summed E-state index contributed by atoms with van der Waals surface area (Å²) < 4.78 is 5.47. The average Bonchev–Trinajstić information content (AvgIpc) is 2.75. The van der Waals surface area contributed by atoms with E-state index in [-0.39, 0.29) is 18.0 Å². The predicted molar refractivity (Wildman–Crippen MR) is 126 cm³/mol. The molecule has 5 heteroatoms. The summed E-state index contributed by atoms with van der Waals surface area (Å²) in [5, 5.41) is 3.28. The summed E-state index contributed by atoms with van der Waals surface area (Å²) in [6.45, 7) is 9.88. The van der Waals surface area contributed by atoms with Gasteiger partial charge in [0, 0.05) is 32.2 Å². The molecule has 0 aliphatic carbocycles. The van der Waals surface area contributed by atoms with Gasteiger partial charge in [0.1, 0.15) is 5.75 Å². The Morgan fingerprint density at radius 3 is 2.32 bits per heavy atom. The molecule has 0 saturated carbocycles. The van der Waals surface area contributed by atoms with Gasteiger partial charge in [-0.25, -0.2) is 0 Å². The lowest BCUT2D eigenvalue weighted by Gasteiger charge is -2.33. The Morgan fingerprint density at radius 2 is 1.74 bits per heavy atom. The first kappa shape index (κ1) is 23.3. The summed E-state index contributed by atoms with van der Waals surface area (Å²) in [7, 11) is 3.72. The van der Waals surface area contributed by atoms with Crippen LogP contribution >= 0.6 is 0 Å². The molecule has 1 atom stereocenters. The Hall–Kier alpha value is -2.37. The van der Waals surface area contributed by atoms with Gasteiger partial charge in [0.2, 0.25) is 5.91 Å². The molecule has 1 fully saturated rings. The summed E-state index contributed by atoms with van der Waals surface area (Å²) in [6, 6.07) is 15.0. The second-order valence-electron chi connectivity index (χ2n) is 8.90. The molecule has 1 aliphatic heterocycles. The number of hydrogen-bond acceptors (Lipinski definition) is 4. The molecule has 168 valence electrons. The molecule has 2 aromatic carbocycles. The molecule has 1 heterocycles. The van der Waals surface area contributed by atoms with E-state index in [1.165, 1.54) is 11.1 Å². The number of amides is 1. The summed E-state index contributed by atoms with van der Waals surface area (Å²) in [5.41, 5.74) is 4.81. The molecule has 0 aromatic heterocycles. The number of carbonyl (C=O) groups is 1. The standard InChI is InChI=1S/C26H37N3O2/c1-19-15-23(16-20(2)25(19)31-5)17-28(4)21(3)26(30)27-24-11-13-29(14-12-24)18-22-9-7-6-8-10-22/h6-10,15-16,21,24H,11-14,17-18H2,1-5H3,(H,27,30). The number of piperidine rings is 1. The fraction of sp³-hybridized carbons (Fsp3) is 0.500. The zero-order valence-corrected chi connectivity index (χ0v) is 19.6. The summed E-state index contributed by atoms with van der Waals surface area (Å²) in [6.07, 6.45) is 2.01. The minimum Gasteiger partial charge on any atom is -0.496 e. The van der Waals surface area contributed by atoms with Crippen LogP contribution in [0.5, 0.6) is 5.75 Å². The Morgan fingerprint density at radius 1 is 1.13 bits per heavy atom. The van der Waals surface area contributed by atoms with Gasteiger partial charge in [-0.2, -0.15) is 0 Å². The third kappa shape index (κ3) is 6.31. The van der Waals surface area contributed by atoms with Gasteiger partial charge < -0.3 is 10.1 Å². The third-order valence-electron chi connectivity index (χ3n) is 6.38. The molecule has 0 bridgehead atoms. The number of nitrogens with one attached hydrogen (secondary N) is 1. The molecular formula is C26H37N3O2. The Kier molecular flexibility index (Phi) is 8.10. The van der Waals surface area contributed by atoms with Gasteiger partial charge >= 0.3 is 0 Å². The van der Waals surface area contributed by atoms with E-state index >= 15 is 0 Å². The number of carbonyl (C=O) groups excluding carboxylic acids is 1. The molecule has 1 N–H and O–H groups in total. The average molecular weight is 424 g/mol. The number of likely N-dealkylation sites (tertiary alicyclic amines) is 1. The number of benzene rings is 2. The second-order valence-corrected chi connectivity index (χ2v) is 8.90. The van der Waals surface area contributed by atoms with E-state index in [4.69, 9.17) is 4.74 Å². The van der Waals surface area contributed by atoms with Crippen LogP contribution in [-0.2, 0) is 17.9 Å². The van der Waals surface area contributed by atoms with Crippen molar-refractivity contribution < 1.29 is 9.53 Å². The number of ether oxygens (including phenoxy) is 1. The van der Waals surface area contributed by atoms with Gasteiger partial charge in [-0.1, -0.05) is 42.5 Å². The molecule has 1 aliphatic rings. The van der Waals surface area contributed by atoms with E-state index in [9.17, 15) is 4.79 Å². The van der Waals surface area contributed by atoms with Crippen LogP contribution in [0.3, 0.4) is 0 Å². The molecule has 0 radical (unpaired) electrons. The molecule has 3 rings (SSSR count). The van der Waals surface area contributed by atoms with Crippen LogP contribution < -0.4 is 10.1 Å². The smallest absolute Gasteiger partial charge is 0.237 e. The van der Waals surface area contributed by atoms with E-state index in [2.05, 4.69) is 71.4 Å². The van der Waals surface area contributed by atoms with Crippen molar-refractivity contribution >= 4 is 5.91 Å². The lowest BCUT2D eigenvalue weighted by Crippen LogP contribution is -2.50. The van der Waals surface area contributed by atoms with Crippen LogP contribution in [0.4, 0.5) is 0 Å². The van der Waals surface area contributed by atoms with Crippen molar-refractivity contribution in [3.8, 4) is 5.75 Å². The molecule has 5 nitrogen and oxygen atoms in total. The van der Waals surface area contributed by atoms with Gasteiger partial charge in [-0.15, -0.1) is 0 Å². The lowest BCUT2D eigenvalue weighted by molar-refractivity contribution is -0.126. The lowest BCUT2D eigenvalue weighted by atomic mass is 10.0. The first-order chi connectivity index (χ1) is 14.9. The molecule has 1 unspecified atom stereocenters.